The maximum absolute atomic E-state index is 5.75. The molecule has 1 N–H and O–H groups in total. The number of hydrogen-bond acceptors (Lipinski definition) is 3. The van der Waals surface area contributed by atoms with E-state index in [9.17, 15) is 0 Å². The number of hydrogen-bond donors (Lipinski definition) is 1. The molecule has 2 aromatic carbocycles. The molecule has 1 aliphatic heterocycles. The summed E-state index contributed by atoms with van der Waals surface area (Å²) >= 11 is 3.57. The molecule has 0 amide bonds. The predicted octanol–water partition coefficient (Wildman–Crippen LogP) is 3.68. The third-order valence-corrected chi connectivity index (χ3v) is 4.11. The average molecular weight is 348 g/mol. The van der Waals surface area contributed by atoms with Crippen molar-refractivity contribution in [3.05, 3.63) is 57.6 Å². The number of nitrogens with one attached hydrogen (secondary N) is 1. The van der Waals surface area contributed by atoms with Crippen LogP contribution in [-0.2, 0) is 19.5 Å². The Morgan fingerprint density at radius 1 is 1.19 bits per heavy atom. The van der Waals surface area contributed by atoms with Crippen molar-refractivity contribution in [2.75, 3.05) is 13.7 Å². The summed E-state index contributed by atoms with van der Waals surface area (Å²) in [5.74, 6) is 1.96. The summed E-state index contributed by atoms with van der Waals surface area (Å²) in [4.78, 5) is 0. The van der Waals surface area contributed by atoms with Crippen molar-refractivity contribution in [1.29, 1.82) is 0 Å². The van der Waals surface area contributed by atoms with Crippen LogP contribution in [0.4, 0.5) is 0 Å². The van der Waals surface area contributed by atoms with Gasteiger partial charge in [-0.15, -0.1) is 0 Å². The molecule has 0 fully saturated rings. The molecular formula is C17H18BrNO2. The molecule has 21 heavy (non-hydrogen) atoms. The van der Waals surface area contributed by atoms with Crippen molar-refractivity contribution < 1.29 is 9.47 Å². The first-order valence-corrected chi connectivity index (χ1v) is 7.84. The molecule has 3 rings (SSSR count). The molecule has 0 saturated heterocycles. The standard InChI is InChI=1S/C17H18BrNO2/c1-20-16-5-3-2-4-13(16)10-19-11-14-9-15(18)8-12-6-7-21-17(12)14/h2-5,8-9,19H,6-7,10-11H2,1H3. The Bertz CT molecular complexity index is 643. The zero-order valence-corrected chi connectivity index (χ0v) is 13.6. The van der Waals surface area contributed by atoms with Crippen LogP contribution in [0.5, 0.6) is 11.5 Å². The Labute approximate surface area is 133 Å². The summed E-state index contributed by atoms with van der Waals surface area (Å²) in [6.45, 7) is 2.33. The molecule has 0 radical (unpaired) electrons. The van der Waals surface area contributed by atoms with Crippen LogP contribution in [0.2, 0.25) is 0 Å². The largest absolute Gasteiger partial charge is 0.496 e. The normalized spacial score (nSPS) is 12.9. The maximum atomic E-state index is 5.75. The molecule has 0 bridgehead atoms. The van der Waals surface area contributed by atoms with Crippen molar-refractivity contribution in [3.8, 4) is 11.5 Å². The molecule has 3 nitrogen and oxygen atoms in total. The fourth-order valence-corrected chi connectivity index (χ4v) is 3.21. The van der Waals surface area contributed by atoms with Crippen LogP contribution in [0.25, 0.3) is 0 Å². The molecule has 1 heterocycles. The number of ether oxygens (including phenoxy) is 2. The number of fused-ring (bicyclic) bond motifs is 1. The average Bonchev–Trinajstić information content (AvgIpc) is 2.96. The van der Waals surface area contributed by atoms with Crippen molar-refractivity contribution in [2.24, 2.45) is 0 Å². The van der Waals surface area contributed by atoms with Gasteiger partial charge in [-0.25, -0.2) is 0 Å². The van der Waals surface area contributed by atoms with Gasteiger partial charge in [0.05, 0.1) is 13.7 Å². The summed E-state index contributed by atoms with van der Waals surface area (Å²) < 4.78 is 12.2. The van der Waals surface area contributed by atoms with Gasteiger partial charge in [-0.2, -0.15) is 0 Å². The van der Waals surface area contributed by atoms with Gasteiger partial charge in [0.2, 0.25) is 0 Å². The molecule has 0 saturated carbocycles. The lowest BCUT2D eigenvalue weighted by molar-refractivity contribution is 0.352. The minimum absolute atomic E-state index is 0.769. The van der Waals surface area contributed by atoms with Gasteiger partial charge in [0.1, 0.15) is 11.5 Å². The number of rotatable bonds is 5. The highest BCUT2D eigenvalue weighted by atomic mass is 79.9. The van der Waals surface area contributed by atoms with Crippen LogP contribution < -0.4 is 14.8 Å². The van der Waals surface area contributed by atoms with Gasteiger partial charge in [-0.05, 0) is 23.8 Å². The van der Waals surface area contributed by atoms with E-state index in [4.69, 9.17) is 9.47 Å². The maximum Gasteiger partial charge on any atom is 0.127 e. The van der Waals surface area contributed by atoms with E-state index in [1.807, 2.05) is 18.2 Å². The van der Waals surface area contributed by atoms with Crippen molar-refractivity contribution in [2.45, 2.75) is 19.5 Å². The van der Waals surface area contributed by atoms with Crippen LogP contribution in [0.15, 0.2) is 40.9 Å². The summed E-state index contributed by atoms with van der Waals surface area (Å²) in [5, 5.41) is 3.47. The second kappa shape index (κ2) is 6.50. The summed E-state index contributed by atoms with van der Waals surface area (Å²) in [6.07, 6.45) is 0.994. The van der Waals surface area contributed by atoms with Gasteiger partial charge in [-0.1, -0.05) is 34.1 Å². The SMILES string of the molecule is COc1ccccc1CNCc1cc(Br)cc2c1OCC2. The lowest BCUT2D eigenvalue weighted by atomic mass is 10.1. The fourth-order valence-electron chi connectivity index (χ4n) is 2.66. The van der Waals surface area contributed by atoms with E-state index in [1.54, 1.807) is 7.11 Å². The third-order valence-electron chi connectivity index (χ3n) is 3.65. The molecule has 0 unspecified atom stereocenters. The van der Waals surface area contributed by atoms with Crippen molar-refractivity contribution >= 4 is 15.9 Å². The van der Waals surface area contributed by atoms with Crippen LogP contribution >= 0.6 is 15.9 Å². The molecule has 110 valence electrons. The first-order chi connectivity index (χ1) is 10.3. The number of halogens is 1. The Morgan fingerprint density at radius 3 is 2.86 bits per heavy atom. The Kier molecular flexibility index (Phi) is 4.46. The molecular weight excluding hydrogens is 330 g/mol. The summed E-state index contributed by atoms with van der Waals surface area (Å²) in [7, 11) is 1.70. The fraction of sp³-hybridized carbons (Fsp3) is 0.294. The molecule has 0 aliphatic carbocycles. The van der Waals surface area contributed by atoms with Gasteiger partial charge < -0.3 is 14.8 Å². The highest BCUT2D eigenvalue weighted by Gasteiger charge is 2.17. The second-order valence-electron chi connectivity index (χ2n) is 5.07. The molecule has 4 heteroatoms. The number of para-hydroxylation sites is 1. The zero-order chi connectivity index (χ0) is 14.7. The molecule has 1 aliphatic rings. The van der Waals surface area contributed by atoms with Crippen LogP contribution in [-0.4, -0.2) is 13.7 Å². The van der Waals surface area contributed by atoms with E-state index < -0.39 is 0 Å². The van der Waals surface area contributed by atoms with E-state index in [2.05, 4.69) is 39.4 Å². The molecule has 2 aromatic rings. The number of methoxy groups -OCH3 is 1. The monoisotopic (exact) mass is 347 g/mol. The molecule has 0 aromatic heterocycles. The minimum Gasteiger partial charge on any atom is -0.496 e. The van der Waals surface area contributed by atoms with Crippen molar-refractivity contribution in [3.63, 3.8) is 0 Å². The summed E-state index contributed by atoms with van der Waals surface area (Å²) in [5.41, 5.74) is 3.65. The van der Waals surface area contributed by atoms with Gasteiger partial charge in [0, 0.05) is 35.1 Å². The lowest BCUT2D eigenvalue weighted by Gasteiger charge is -2.12. The Morgan fingerprint density at radius 2 is 2.00 bits per heavy atom. The quantitative estimate of drug-likeness (QED) is 0.894. The van der Waals surface area contributed by atoms with Gasteiger partial charge in [0.15, 0.2) is 0 Å². The zero-order valence-electron chi connectivity index (χ0n) is 12.0. The third kappa shape index (κ3) is 3.22. The van der Waals surface area contributed by atoms with Crippen LogP contribution in [0, 0.1) is 0 Å². The van der Waals surface area contributed by atoms with E-state index in [-0.39, 0.29) is 0 Å². The minimum atomic E-state index is 0.769. The van der Waals surface area contributed by atoms with Crippen molar-refractivity contribution in [1.82, 2.24) is 5.32 Å². The Balaban J connectivity index is 1.69. The van der Waals surface area contributed by atoms with Gasteiger partial charge >= 0.3 is 0 Å². The predicted molar refractivity (Wildman–Crippen MR) is 86.9 cm³/mol. The van der Waals surface area contributed by atoms with Gasteiger partial charge in [-0.3, -0.25) is 0 Å². The molecule has 0 spiro atoms. The first kappa shape index (κ1) is 14.4. The van der Waals surface area contributed by atoms with Crippen LogP contribution in [0.3, 0.4) is 0 Å². The molecule has 0 atom stereocenters. The highest BCUT2D eigenvalue weighted by molar-refractivity contribution is 9.10. The van der Waals surface area contributed by atoms with E-state index >= 15 is 0 Å². The Hall–Kier alpha value is -1.52. The van der Waals surface area contributed by atoms with E-state index in [0.29, 0.717) is 0 Å². The first-order valence-electron chi connectivity index (χ1n) is 7.04. The topological polar surface area (TPSA) is 30.5 Å². The smallest absolute Gasteiger partial charge is 0.127 e. The van der Waals surface area contributed by atoms with Crippen LogP contribution in [0.1, 0.15) is 16.7 Å². The second-order valence-corrected chi connectivity index (χ2v) is 5.98. The van der Waals surface area contributed by atoms with E-state index in [1.165, 1.54) is 11.1 Å². The number of benzene rings is 2. The lowest BCUT2D eigenvalue weighted by Crippen LogP contribution is -2.14. The highest BCUT2D eigenvalue weighted by Crippen LogP contribution is 2.33. The summed E-state index contributed by atoms with van der Waals surface area (Å²) in [6, 6.07) is 12.3. The van der Waals surface area contributed by atoms with Gasteiger partial charge in [0.25, 0.3) is 0 Å². The van der Waals surface area contributed by atoms with E-state index in [0.717, 1.165) is 47.7 Å².